The van der Waals surface area contributed by atoms with Crippen LogP contribution in [0.3, 0.4) is 0 Å². The highest BCUT2D eigenvalue weighted by molar-refractivity contribution is 7.26. The molecule has 0 radical (unpaired) electrons. The Morgan fingerprint density at radius 1 is 0.215 bits per heavy atom. The van der Waals surface area contributed by atoms with Crippen LogP contribution >= 0.6 is 11.3 Å². The lowest BCUT2D eigenvalue weighted by Crippen LogP contribution is -2.23. The van der Waals surface area contributed by atoms with Crippen LogP contribution in [-0.2, 0) is 0 Å². The minimum atomic E-state index is 0.484. The highest BCUT2D eigenvalue weighted by atomic mass is 32.1. The molecular formula is C86H58N6S. The van der Waals surface area contributed by atoms with E-state index in [-0.39, 0.29) is 0 Å². The Balaban J connectivity index is 0.742. The minimum Gasteiger partial charge on any atom is -0.310 e. The summed E-state index contributed by atoms with van der Waals surface area (Å²) in [7, 11) is 0. The van der Waals surface area contributed by atoms with E-state index in [4.69, 9.17) is 9.98 Å². The molecule has 0 spiro atoms. The summed E-state index contributed by atoms with van der Waals surface area (Å²) < 4.78 is 2.50. The van der Waals surface area contributed by atoms with E-state index in [9.17, 15) is 0 Å². The zero-order chi connectivity index (χ0) is 61.6. The maximum absolute atomic E-state index is 4.71. The SMILES string of the molecule is c1ccc(-c2cccc(N(c3cccc(-c4ccc(-c5cccc6c5=NCN=6)cc4)c3)c3cccc(-c4cccc5c4sc4c(-c6cccc(N(c7cccc(-c8ccccc8)c7)c7cccc(-c8ccc(-c9cccc%10c9=NCN=%10)cc8)c7)c6)cccc45)c3)c2)cc1. The van der Waals surface area contributed by atoms with Crippen molar-refractivity contribution in [3.63, 3.8) is 0 Å². The third-order valence-corrected chi connectivity index (χ3v) is 19.3. The number of hydrogen-bond acceptors (Lipinski definition) is 7. The van der Waals surface area contributed by atoms with E-state index in [1.54, 1.807) is 0 Å². The summed E-state index contributed by atoms with van der Waals surface area (Å²) in [5, 5.41) is 6.35. The van der Waals surface area contributed by atoms with Crippen molar-refractivity contribution in [2.45, 2.75) is 0 Å². The first-order valence-electron chi connectivity index (χ1n) is 31.5. The third-order valence-electron chi connectivity index (χ3n) is 18.0. The normalized spacial score (nSPS) is 12.1. The summed E-state index contributed by atoms with van der Waals surface area (Å²) in [5.41, 5.74) is 24.7. The van der Waals surface area contributed by atoms with Gasteiger partial charge in [-0.2, -0.15) is 0 Å². The van der Waals surface area contributed by atoms with Crippen LogP contribution in [0, 0.1) is 0 Å². The van der Waals surface area contributed by atoms with E-state index in [1.165, 1.54) is 42.4 Å². The molecule has 2 aliphatic heterocycles. The molecule has 0 aliphatic carbocycles. The lowest BCUT2D eigenvalue weighted by atomic mass is 9.98. The van der Waals surface area contributed by atoms with Gasteiger partial charge < -0.3 is 9.80 Å². The van der Waals surface area contributed by atoms with Gasteiger partial charge in [0.1, 0.15) is 13.3 Å². The van der Waals surface area contributed by atoms with Crippen LogP contribution in [0.4, 0.5) is 34.1 Å². The van der Waals surface area contributed by atoms with Crippen LogP contribution in [0.25, 0.3) is 109 Å². The monoisotopic (exact) mass is 1210 g/mol. The van der Waals surface area contributed by atoms with Crippen molar-refractivity contribution in [2.24, 2.45) is 20.0 Å². The lowest BCUT2D eigenvalue weighted by molar-refractivity contribution is 1.06. The van der Waals surface area contributed by atoms with Crippen molar-refractivity contribution >= 4 is 65.6 Å². The second-order valence-corrected chi connectivity index (χ2v) is 24.6. The van der Waals surface area contributed by atoms with Gasteiger partial charge in [0.05, 0.1) is 21.4 Å². The molecule has 0 saturated heterocycles. The molecule has 93 heavy (non-hydrogen) atoms. The van der Waals surface area contributed by atoms with Crippen molar-refractivity contribution in [1.82, 2.24) is 0 Å². The van der Waals surface area contributed by atoms with Gasteiger partial charge in [-0.25, -0.2) is 0 Å². The molecule has 0 N–H and O–H groups in total. The summed E-state index contributed by atoms with van der Waals surface area (Å²) in [4.78, 5) is 23.4. The quantitative estimate of drug-likeness (QED) is 0.109. The molecule has 7 heteroatoms. The Labute approximate surface area is 543 Å². The maximum Gasteiger partial charge on any atom is 0.130 e. The molecule has 15 aromatic rings. The number of rotatable bonds is 14. The standard InChI is InChI=1S/C86H58N6S/c1-3-17-57(18-4-1)63-21-7-27-69(49-63)91(71-29-9-23-65(51-71)59-41-45-61(46-42-59)75-33-15-39-81-83(75)89-55-87-81)73-31-11-25-67(53-73)77-35-13-37-79-80-38-14-36-78(86(80)93-85(77)79)68-26-12-32-74(54-68)92(70-28-8-22-64(50-70)58-19-5-2-6-20-58)72-30-10-24-66(52-72)60-43-47-62(48-44-60)76-34-16-40-82-84(76)90-56-88-82/h1-54H,55-56H2. The summed E-state index contributed by atoms with van der Waals surface area (Å²) >= 11 is 1.88. The number of anilines is 6. The molecule has 0 atom stereocenters. The van der Waals surface area contributed by atoms with E-state index < -0.39 is 0 Å². The number of thiophene rings is 1. The van der Waals surface area contributed by atoms with Crippen molar-refractivity contribution < 1.29 is 0 Å². The van der Waals surface area contributed by atoms with Gasteiger partial charge in [-0.15, -0.1) is 11.3 Å². The predicted molar refractivity (Wildman–Crippen MR) is 387 cm³/mol. The number of nitrogens with zero attached hydrogens (tertiary/aromatic N) is 6. The zero-order valence-electron chi connectivity index (χ0n) is 50.7. The highest BCUT2D eigenvalue weighted by Gasteiger charge is 2.21. The fourth-order valence-corrected chi connectivity index (χ4v) is 14.9. The van der Waals surface area contributed by atoms with E-state index in [0.29, 0.717) is 13.3 Å². The molecule has 3 heterocycles. The molecule has 1 aromatic heterocycles. The van der Waals surface area contributed by atoms with Crippen molar-refractivity contribution in [2.75, 3.05) is 23.1 Å². The smallest absolute Gasteiger partial charge is 0.130 e. The largest absolute Gasteiger partial charge is 0.310 e. The molecule has 0 bridgehead atoms. The topological polar surface area (TPSA) is 55.9 Å². The first-order chi connectivity index (χ1) is 46.1. The second kappa shape index (κ2) is 23.8. The van der Waals surface area contributed by atoms with Crippen molar-refractivity contribution in [3.8, 4) is 89.0 Å². The molecule has 0 unspecified atom stereocenters. The lowest BCUT2D eigenvalue weighted by Gasteiger charge is -2.27. The summed E-state index contributed by atoms with van der Waals surface area (Å²) in [6, 6.07) is 119. The minimum absolute atomic E-state index is 0.484. The van der Waals surface area contributed by atoms with Crippen LogP contribution in [0.15, 0.2) is 348 Å². The molecule has 14 aromatic carbocycles. The van der Waals surface area contributed by atoms with Gasteiger partial charge in [0, 0.05) is 65.4 Å². The first kappa shape index (κ1) is 55.2. The van der Waals surface area contributed by atoms with Gasteiger partial charge >= 0.3 is 0 Å². The molecule has 0 fully saturated rings. The Hall–Kier alpha value is -11.9. The van der Waals surface area contributed by atoms with Gasteiger partial charge in [-0.3, -0.25) is 20.0 Å². The average molecular weight is 1210 g/mol. The third kappa shape index (κ3) is 10.5. The van der Waals surface area contributed by atoms with E-state index >= 15 is 0 Å². The van der Waals surface area contributed by atoms with Gasteiger partial charge in [0.2, 0.25) is 0 Å². The molecule has 6 nitrogen and oxygen atoms in total. The highest BCUT2D eigenvalue weighted by Crippen LogP contribution is 2.47. The molecule has 438 valence electrons. The van der Waals surface area contributed by atoms with Crippen LogP contribution in [0.2, 0.25) is 0 Å². The summed E-state index contributed by atoms with van der Waals surface area (Å²) in [6.07, 6.45) is 0. The van der Waals surface area contributed by atoms with Crippen LogP contribution in [0.1, 0.15) is 0 Å². The van der Waals surface area contributed by atoms with E-state index in [1.807, 2.05) is 23.5 Å². The second-order valence-electron chi connectivity index (χ2n) is 23.6. The van der Waals surface area contributed by atoms with Crippen LogP contribution in [0.5, 0.6) is 0 Å². The average Bonchev–Trinajstić information content (AvgIpc) is 1.68. The Kier molecular flexibility index (Phi) is 14.1. The van der Waals surface area contributed by atoms with Crippen molar-refractivity contribution in [1.29, 1.82) is 0 Å². The fraction of sp³-hybridized carbons (Fsp3) is 0.0233. The molecule has 2 aliphatic rings. The predicted octanol–water partition coefficient (Wildman–Crippen LogP) is 20.8. The van der Waals surface area contributed by atoms with Crippen molar-refractivity contribution in [3.05, 3.63) is 349 Å². The molecule has 0 saturated carbocycles. The van der Waals surface area contributed by atoms with E-state index in [2.05, 4.69) is 335 Å². The van der Waals surface area contributed by atoms with Crippen LogP contribution in [-0.4, -0.2) is 13.3 Å². The van der Waals surface area contributed by atoms with Gasteiger partial charge in [0.25, 0.3) is 0 Å². The summed E-state index contributed by atoms with van der Waals surface area (Å²) in [5.74, 6) is 0. The molecular weight excluding hydrogens is 1150 g/mol. The Bertz CT molecular complexity index is 5300. The van der Waals surface area contributed by atoms with Gasteiger partial charge in [0.15, 0.2) is 0 Å². The molecule has 0 amide bonds. The number of para-hydroxylation sites is 2. The fourth-order valence-electron chi connectivity index (χ4n) is 13.5. The zero-order valence-corrected chi connectivity index (χ0v) is 51.5. The maximum atomic E-state index is 4.71. The first-order valence-corrected chi connectivity index (χ1v) is 32.3. The number of benzene rings is 14. The van der Waals surface area contributed by atoms with Gasteiger partial charge in [-0.1, -0.05) is 243 Å². The number of hydrogen-bond donors (Lipinski definition) is 0. The number of fused-ring (bicyclic) bond motifs is 5. The van der Waals surface area contributed by atoms with E-state index in [0.717, 1.165) is 122 Å². The molecule has 17 rings (SSSR count). The summed E-state index contributed by atoms with van der Waals surface area (Å²) in [6.45, 7) is 0.969. The van der Waals surface area contributed by atoms with Crippen LogP contribution < -0.4 is 31.2 Å². The van der Waals surface area contributed by atoms with Gasteiger partial charge in [-0.05, 0) is 163 Å². The Morgan fingerprint density at radius 3 is 0.860 bits per heavy atom. The Morgan fingerprint density at radius 2 is 0.495 bits per heavy atom.